The van der Waals surface area contributed by atoms with Crippen molar-refractivity contribution in [3.8, 4) is 11.5 Å². The Bertz CT molecular complexity index is 1700. The van der Waals surface area contributed by atoms with E-state index in [1.807, 2.05) is 27.8 Å². The highest BCUT2D eigenvalue weighted by Crippen LogP contribution is 2.37. The number of likely N-dealkylation sites (tertiary alicyclic amines) is 1. The molecule has 5 rings (SSSR count). The van der Waals surface area contributed by atoms with Crippen molar-refractivity contribution in [1.29, 1.82) is 0 Å². The second-order valence-electron chi connectivity index (χ2n) is 13.1. The molecular formula is C33H43ClFN5O6S2. The summed E-state index contributed by atoms with van der Waals surface area (Å²) >= 11 is 7.82. The van der Waals surface area contributed by atoms with Crippen molar-refractivity contribution >= 4 is 49.9 Å². The molecular weight excluding hydrogens is 681 g/mol. The fraction of sp³-hybridized carbons (Fsp3) is 0.515. The number of carbonyl (C=O) groups excluding carboxylic acids is 1. The van der Waals surface area contributed by atoms with E-state index in [0.717, 1.165) is 53.5 Å². The maximum Gasteiger partial charge on any atom is 0.410 e. The number of thiazole rings is 1. The highest BCUT2D eigenvalue weighted by Gasteiger charge is 2.41. The van der Waals surface area contributed by atoms with Crippen LogP contribution in [-0.4, -0.2) is 87.4 Å². The lowest BCUT2D eigenvalue weighted by Gasteiger charge is -2.49. The van der Waals surface area contributed by atoms with Crippen molar-refractivity contribution < 1.29 is 31.8 Å². The highest BCUT2D eigenvalue weighted by molar-refractivity contribution is 7.93. The summed E-state index contributed by atoms with van der Waals surface area (Å²) in [6.45, 7) is 6.50. The molecule has 0 unspecified atom stereocenters. The van der Waals surface area contributed by atoms with Gasteiger partial charge in [0.25, 0.3) is 10.0 Å². The van der Waals surface area contributed by atoms with Crippen LogP contribution in [0, 0.1) is 5.82 Å². The van der Waals surface area contributed by atoms with Crippen molar-refractivity contribution in [3.63, 3.8) is 0 Å². The molecule has 2 fully saturated rings. The van der Waals surface area contributed by atoms with Crippen molar-refractivity contribution in [1.82, 2.24) is 14.8 Å². The minimum absolute atomic E-state index is 0.0620. The summed E-state index contributed by atoms with van der Waals surface area (Å²) in [7, 11) is 0.581. The summed E-state index contributed by atoms with van der Waals surface area (Å²) in [5.41, 5.74) is 0.300. The van der Waals surface area contributed by atoms with Gasteiger partial charge >= 0.3 is 6.09 Å². The SMILES string of the molecule is COc1ccc(CN(c2nccs2)S(=O)(=O)c2cc(Cl)c(N[C@H]3CCCC[C@@H]3N(C)C3CN(C(=O)OC(C)(C)C)C3)cc2F)c(OC)c1. The Hall–Kier alpha value is -3.33. The van der Waals surface area contributed by atoms with Crippen LogP contribution in [0.25, 0.3) is 0 Å². The quantitative estimate of drug-likeness (QED) is 0.233. The number of ether oxygens (including phenoxy) is 3. The molecule has 11 nitrogen and oxygen atoms in total. The van der Waals surface area contributed by atoms with E-state index in [1.54, 1.807) is 28.5 Å². The number of carbonyl (C=O) groups is 1. The van der Waals surface area contributed by atoms with E-state index >= 15 is 4.39 Å². The fourth-order valence-electron chi connectivity index (χ4n) is 6.11. The lowest BCUT2D eigenvalue weighted by atomic mass is 9.87. The molecule has 2 heterocycles. The Kier molecular flexibility index (Phi) is 11.0. The van der Waals surface area contributed by atoms with Crippen LogP contribution in [0.1, 0.15) is 52.0 Å². The van der Waals surface area contributed by atoms with Gasteiger partial charge in [-0.3, -0.25) is 4.90 Å². The number of nitrogens with zero attached hydrogens (tertiary/aromatic N) is 4. The predicted octanol–water partition coefficient (Wildman–Crippen LogP) is 6.62. The Morgan fingerprint density at radius 2 is 1.88 bits per heavy atom. The number of amides is 1. The molecule has 1 aromatic heterocycles. The first-order valence-electron chi connectivity index (χ1n) is 15.8. The van der Waals surface area contributed by atoms with Gasteiger partial charge in [0.1, 0.15) is 27.8 Å². The molecule has 0 bridgehead atoms. The number of benzene rings is 2. The molecule has 2 aliphatic rings. The third-order valence-corrected chi connectivity index (χ3v) is 11.7. The molecule has 1 aliphatic carbocycles. The van der Waals surface area contributed by atoms with Crippen molar-refractivity contribution in [2.45, 2.75) is 81.6 Å². The molecule has 15 heteroatoms. The van der Waals surface area contributed by atoms with Crippen LogP contribution in [0.15, 0.2) is 46.8 Å². The van der Waals surface area contributed by atoms with Crippen LogP contribution in [0.2, 0.25) is 5.02 Å². The predicted molar refractivity (Wildman–Crippen MR) is 185 cm³/mol. The third kappa shape index (κ3) is 7.93. The number of rotatable bonds is 11. The topological polar surface area (TPSA) is 114 Å². The number of likely N-dealkylation sites (N-methyl/N-ethyl adjacent to an activating group) is 1. The van der Waals surface area contributed by atoms with Gasteiger partial charge in [0.15, 0.2) is 5.13 Å². The van der Waals surface area contributed by atoms with Crippen molar-refractivity contribution in [3.05, 3.63) is 58.3 Å². The van der Waals surface area contributed by atoms with E-state index in [-0.39, 0.29) is 40.9 Å². The number of hydrogen-bond donors (Lipinski definition) is 1. The molecule has 2 aromatic carbocycles. The summed E-state index contributed by atoms with van der Waals surface area (Å²) in [6.07, 6.45) is 4.94. The number of sulfonamides is 1. The third-order valence-electron chi connectivity index (χ3n) is 8.71. The monoisotopic (exact) mass is 723 g/mol. The molecule has 262 valence electrons. The first kappa shape index (κ1) is 36.0. The van der Waals surface area contributed by atoms with E-state index in [9.17, 15) is 13.2 Å². The average molecular weight is 724 g/mol. The number of anilines is 2. The number of methoxy groups -OCH3 is 2. The average Bonchev–Trinajstić information content (AvgIpc) is 3.54. The molecule has 1 aliphatic heterocycles. The van der Waals surface area contributed by atoms with E-state index in [0.29, 0.717) is 35.8 Å². The number of hydrogen-bond acceptors (Lipinski definition) is 10. The summed E-state index contributed by atoms with van der Waals surface area (Å²) in [6, 6.07) is 7.55. The van der Waals surface area contributed by atoms with Gasteiger partial charge in [0.2, 0.25) is 0 Å². The van der Waals surface area contributed by atoms with Gasteiger partial charge in [-0.25, -0.2) is 26.9 Å². The van der Waals surface area contributed by atoms with E-state index < -0.39 is 26.3 Å². The van der Waals surface area contributed by atoms with Gasteiger partial charge in [-0.1, -0.05) is 24.4 Å². The zero-order valence-corrected chi connectivity index (χ0v) is 30.4. The van der Waals surface area contributed by atoms with Gasteiger partial charge < -0.3 is 24.4 Å². The van der Waals surface area contributed by atoms with Crippen molar-refractivity contribution in [2.75, 3.05) is 44.0 Å². The van der Waals surface area contributed by atoms with E-state index in [2.05, 4.69) is 15.2 Å². The van der Waals surface area contributed by atoms with Crippen LogP contribution < -0.4 is 19.1 Å². The molecule has 1 saturated heterocycles. The molecule has 2 atom stereocenters. The Labute approximate surface area is 291 Å². The van der Waals surface area contributed by atoms with Crippen LogP contribution in [0.5, 0.6) is 11.5 Å². The van der Waals surface area contributed by atoms with Gasteiger partial charge in [0, 0.05) is 54.4 Å². The smallest absolute Gasteiger partial charge is 0.410 e. The van der Waals surface area contributed by atoms with E-state index in [4.69, 9.17) is 25.8 Å². The van der Waals surface area contributed by atoms with Gasteiger partial charge in [-0.05, 0) is 64.9 Å². The van der Waals surface area contributed by atoms with Crippen molar-refractivity contribution in [2.24, 2.45) is 0 Å². The van der Waals surface area contributed by atoms with Crippen LogP contribution in [0.3, 0.4) is 0 Å². The fourth-order valence-corrected chi connectivity index (χ4v) is 8.74. The Balaban J connectivity index is 1.35. The van der Waals surface area contributed by atoms with Gasteiger partial charge in [0.05, 0.1) is 31.5 Å². The minimum atomic E-state index is -4.46. The van der Waals surface area contributed by atoms with Crippen LogP contribution in [0.4, 0.5) is 20.0 Å². The molecule has 1 N–H and O–H groups in total. The number of halogens is 2. The lowest BCUT2D eigenvalue weighted by Crippen LogP contribution is -2.64. The summed E-state index contributed by atoms with van der Waals surface area (Å²) in [5.74, 6) is 0.0236. The first-order chi connectivity index (χ1) is 22.7. The summed E-state index contributed by atoms with van der Waals surface area (Å²) in [5, 5.41) is 5.33. The normalized spacial score (nSPS) is 18.7. The summed E-state index contributed by atoms with van der Waals surface area (Å²) in [4.78, 5) is 20.1. The van der Waals surface area contributed by atoms with Crippen LogP contribution in [-0.2, 0) is 21.3 Å². The minimum Gasteiger partial charge on any atom is -0.497 e. The molecule has 0 radical (unpaired) electrons. The number of aromatic nitrogens is 1. The Morgan fingerprint density at radius 1 is 1.15 bits per heavy atom. The maximum absolute atomic E-state index is 15.9. The summed E-state index contributed by atoms with van der Waals surface area (Å²) < 4.78 is 61.5. The largest absolute Gasteiger partial charge is 0.497 e. The molecule has 3 aromatic rings. The second-order valence-corrected chi connectivity index (χ2v) is 16.2. The second kappa shape index (κ2) is 14.7. The molecule has 48 heavy (non-hydrogen) atoms. The Morgan fingerprint density at radius 3 is 2.52 bits per heavy atom. The lowest BCUT2D eigenvalue weighted by molar-refractivity contribution is -0.0223. The maximum atomic E-state index is 15.9. The van der Waals surface area contributed by atoms with Gasteiger partial charge in [-0.15, -0.1) is 11.3 Å². The molecule has 1 amide bonds. The molecule has 1 saturated carbocycles. The molecule has 0 spiro atoms. The first-order valence-corrected chi connectivity index (χ1v) is 18.5. The number of nitrogens with one attached hydrogen (secondary N) is 1. The zero-order chi connectivity index (χ0) is 34.8. The van der Waals surface area contributed by atoms with Gasteiger partial charge in [-0.2, -0.15) is 0 Å². The standard InChI is InChI=1S/C33H43ClFN5O6S2/c1-33(2,3)46-32(41)39-19-22(20-39)38(4)28-10-8-7-9-26(28)37-27-17-25(35)30(16-24(27)34)48(42,43)40(31-36-13-14-47-31)18-21-11-12-23(44-5)15-29(21)45-6/h11-17,22,26,28,37H,7-10,18-20H2,1-6H3/t26-,28-/m0/s1. The zero-order valence-electron chi connectivity index (χ0n) is 28.0. The highest BCUT2D eigenvalue weighted by atomic mass is 35.5. The van der Waals surface area contributed by atoms with E-state index in [1.165, 1.54) is 20.4 Å². The van der Waals surface area contributed by atoms with Crippen LogP contribution >= 0.6 is 22.9 Å².